The molecular formula is C13H19NO4S. The van der Waals surface area contributed by atoms with Gasteiger partial charge in [-0.25, -0.2) is 8.42 Å². The summed E-state index contributed by atoms with van der Waals surface area (Å²) in [5.74, 6) is 0. The van der Waals surface area contributed by atoms with Crippen LogP contribution in [0, 0.1) is 0 Å². The van der Waals surface area contributed by atoms with Crippen LogP contribution in [-0.2, 0) is 14.8 Å². The van der Waals surface area contributed by atoms with E-state index in [1.807, 2.05) is 13.8 Å². The maximum atomic E-state index is 12.5. The van der Waals surface area contributed by atoms with Crippen LogP contribution in [0.25, 0.3) is 0 Å². The van der Waals surface area contributed by atoms with Crippen LogP contribution in [0.15, 0.2) is 35.2 Å². The van der Waals surface area contributed by atoms with Gasteiger partial charge in [0, 0.05) is 13.1 Å². The number of hydrogen-bond acceptors (Lipinski definition) is 4. The zero-order valence-corrected chi connectivity index (χ0v) is 11.9. The van der Waals surface area contributed by atoms with E-state index in [0.717, 1.165) is 0 Å². The first-order valence-corrected chi connectivity index (χ1v) is 7.63. The van der Waals surface area contributed by atoms with Crippen molar-refractivity contribution in [2.45, 2.75) is 30.4 Å². The molecule has 2 rings (SSSR count). The van der Waals surface area contributed by atoms with Crippen molar-refractivity contribution in [2.24, 2.45) is 0 Å². The van der Waals surface area contributed by atoms with Crippen molar-refractivity contribution >= 4 is 10.0 Å². The first-order valence-electron chi connectivity index (χ1n) is 6.19. The van der Waals surface area contributed by atoms with Crippen LogP contribution >= 0.6 is 0 Å². The van der Waals surface area contributed by atoms with Crippen LogP contribution in [0.5, 0.6) is 0 Å². The molecule has 0 aromatic heterocycles. The van der Waals surface area contributed by atoms with Gasteiger partial charge < -0.3 is 9.84 Å². The molecule has 1 aromatic carbocycles. The van der Waals surface area contributed by atoms with Crippen LogP contribution in [-0.4, -0.2) is 49.2 Å². The molecular weight excluding hydrogens is 266 g/mol. The van der Waals surface area contributed by atoms with E-state index in [0.29, 0.717) is 0 Å². The summed E-state index contributed by atoms with van der Waals surface area (Å²) in [6, 6.07) is 8.32. The van der Waals surface area contributed by atoms with Crippen LogP contribution < -0.4 is 0 Å². The Kier molecular flexibility index (Phi) is 3.96. The SMILES string of the molecule is CC1(C)CN(S(=O)(=O)c2ccccc2)CC(CO)O1. The van der Waals surface area contributed by atoms with Crippen molar-refractivity contribution in [3.63, 3.8) is 0 Å². The van der Waals surface area contributed by atoms with E-state index in [2.05, 4.69) is 0 Å². The van der Waals surface area contributed by atoms with E-state index >= 15 is 0 Å². The second-order valence-corrected chi connectivity index (χ2v) is 7.23. The standard InChI is InChI=1S/C13H19NO4S/c1-13(2)10-14(8-11(9-15)18-13)19(16,17)12-6-4-3-5-7-12/h3-7,11,15H,8-10H2,1-2H3. The number of sulfonamides is 1. The van der Waals surface area contributed by atoms with Gasteiger partial charge in [0.05, 0.1) is 23.2 Å². The number of aliphatic hydroxyl groups excluding tert-OH is 1. The molecule has 1 N–H and O–H groups in total. The van der Waals surface area contributed by atoms with E-state index in [1.54, 1.807) is 30.3 Å². The minimum absolute atomic E-state index is 0.178. The van der Waals surface area contributed by atoms with Crippen molar-refractivity contribution < 1.29 is 18.3 Å². The normalized spacial score (nSPS) is 24.3. The van der Waals surface area contributed by atoms with Gasteiger partial charge >= 0.3 is 0 Å². The Morgan fingerprint density at radius 3 is 2.58 bits per heavy atom. The van der Waals surface area contributed by atoms with E-state index in [4.69, 9.17) is 4.74 Å². The number of morpholine rings is 1. The highest BCUT2D eigenvalue weighted by Crippen LogP contribution is 2.26. The third-order valence-electron chi connectivity index (χ3n) is 3.03. The second-order valence-electron chi connectivity index (χ2n) is 5.29. The zero-order chi connectivity index (χ0) is 14.1. The van der Waals surface area contributed by atoms with E-state index in [9.17, 15) is 13.5 Å². The summed E-state index contributed by atoms with van der Waals surface area (Å²) in [6.07, 6.45) is -0.484. The number of ether oxygens (including phenoxy) is 1. The molecule has 0 radical (unpaired) electrons. The molecule has 19 heavy (non-hydrogen) atoms. The number of benzene rings is 1. The molecule has 1 aliphatic rings. The predicted octanol–water partition coefficient (Wildman–Crippen LogP) is 0.847. The molecule has 5 nitrogen and oxygen atoms in total. The third kappa shape index (κ3) is 3.14. The predicted molar refractivity (Wildman–Crippen MR) is 71.2 cm³/mol. The van der Waals surface area contributed by atoms with Crippen LogP contribution in [0.3, 0.4) is 0 Å². The molecule has 1 aliphatic heterocycles. The fourth-order valence-electron chi connectivity index (χ4n) is 2.26. The van der Waals surface area contributed by atoms with Gasteiger partial charge in [0.1, 0.15) is 0 Å². The lowest BCUT2D eigenvalue weighted by Crippen LogP contribution is -2.55. The number of rotatable bonds is 3. The lowest BCUT2D eigenvalue weighted by atomic mass is 10.1. The van der Waals surface area contributed by atoms with Crippen molar-refractivity contribution in [1.29, 1.82) is 0 Å². The highest BCUT2D eigenvalue weighted by atomic mass is 32.2. The zero-order valence-electron chi connectivity index (χ0n) is 11.1. The summed E-state index contributed by atoms with van der Waals surface area (Å²) in [6.45, 7) is 3.91. The van der Waals surface area contributed by atoms with Crippen molar-refractivity contribution in [1.82, 2.24) is 4.31 Å². The second kappa shape index (κ2) is 5.20. The van der Waals surface area contributed by atoms with Crippen molar-refractivity contribution in [2.75, 3.05) is 19.7 Å². The lowest BCUT2D eigenvalue weighted by molar-refractivity contribution is -0.131. The first kappa shape index (κ1) is 14.5. The van der Waals surface area contributed by atoms with Crippen molar-refractivity contribution in [3.05, 3.63) is 30.3 Å². The maximum absolute atomic E-state index is 12.5. The molecule has 0 spiro atoms. The van der Waals surface area contributed by atoms with Crippen LogP contribution in [0.1, 0.15) is 13.8 Å². The molecule has 1 saturated heterocycles. The molecule has 0 saturated carbocycles. The third-order valence-corrected chi connectivity index (χ3v) is 4.86. The molecule has 1 aromatic rings. The highest BCUT2D eigenvalue weighted by molar-refractivity contribution is 7.89. The Morgan fingerprint density at radius 1 is 1.37 bits per heavy atom. The summed E-state index contributed by atoms with van der Waals surface area (Å²) in [4.78, 5) is 0.268. The fourth-order valence-corrected chi connectivity index (χ4v) is 3.90. The monoisotopic (exact) mass is 285 g/mol. The Hall–Kier alpha value is -0.950. The molecule has 0 bridgehead atoms. The summed E-state index contributed by atoms with van der Waals surface area (Å²) >= 11 is 0. The lowest BCUT2D eigenvalue weighted by Gasteiger charge is -2.41. The summed E-state index contributed by atoms with van der Waals surface area (Å²) in [5, 5.41) is 9.23. The van der Waals surface area contributed by atoms with E-state index in [-0.39, 0.29) is 24.6 Å². The Bertz CT molecular complexity index is 527. The number of hydrogen-bond donors (Lipinski definition) is 1. The van der Waals surface area contributed by atoms with Crippen LogP contribution in [0.2, 0.25) is 0 Å². The largest absolute Gasteiger partial charge is 0.394 e. The average Bonchev–Trinajstić information content (AvgIpc) is 2.37. The summed E-state index contributed by atoms with van der Waals surface area (Å²) in [7, 11) is -3.53. The smallest absolute Gasteiger partial charge is 0.243 e. The van der Waals surface area contributed by atoms with Crippen molar-refractivity contribution in [3.8, 4) is 0 Å². The highest BCUT2D eigenvalue weighted by Gasteiger charge is 2.39. The number of nitrogens with zero attached hydrogens (tertiary/aromatic N) is 1. The summed E-state index contributed by atoms with van der Waals surface area (Å²) in [5.41, 5.74) is -0.604. The Morgan fingerprint density at radius 2 is 2.00 bits per heavy atom. The molecule has 1 fully saturated rings. The molecule has 0 amide bonds. The molecule has 6 heteroatoms. The van der Waals surface area contributed by atoms with Gasteiger partial charge in [0.25, 0.3) is 0 Å². The first-order chi connectivity index (χ1) is 8.85. The quantitative estimate of drug-likeness (QED) is 0.894. The van der Waals surface area contributed by atoms with Crippen LogP contribution in [0.4, 0.5) is 0 Å². The Labute approximate surface area is 113 Å². The van der Waals surface area contributed by atoms with Gasteiger partial charge in [0.15, 0.2) is 0 Å². The molecule has 106 valence electrons. The van der Waals surface area contributed by atoms with E-state index in [1.165, 1.54) is 4.31 Å². The van der Waals surface area contributed by atoms with Gasteiger partial charge in [-0.3, -0.25) is 0 Å². The van der Waals surface area contributed by atoms with Gasteiger partial charge in [-0.05, 0) is 26.0 Å². The number of aliphatic hydroxyl groups is 1. The molecule has 1 atom stereocenters. The molecule has 1 unspecified atom stereocenters. The van der Waals surface area contributed by atoms with Gasteiger partial charge in [-0.15, -0.1) is 0 Å². The Balaban J connectivity index is 2.30. The minimum Gasteiger partial charge on any atom is -0.394 e. The summed E-state index contributed by atoms with van der Waals surface area (Å²) < 4.78 is 32.1. The maximum Gasteiger partial charge on any atom is 0.243 e. The van der Waals surface area contributed by atoms with Gasteiger partial charge in [-0.2, -0.15) is 4.31 Å². The molecule has 0 aliphatic carbocycles. The van der Waals surface area contributed by atoms with E-state index < -0.39 is 21.7 Å². The topological polar surface area (TPSA) is 66.8 Å². The van der Waals surface area contributed by atoms with Gasteiger partial charge in [0.2, 0.25) is 10.0 Å². The fraction of sp³-hybridized carbons (Fsp3) is 0.538. The average molecular weight is 285 g/mol. The molecule has 1 heterocycles. The van der Waals surface area contributed by atoms with Gasteiger partial charge in [-0.1, -0.05) is 18.2 Å². The minimum atomic E-state index is -3.53.